The Labute approximate surface area is 136 Å². The van der Waals surface area contributed by atoms with Crippen LogP contribution in [0.2, 0.25) is 0 Å². The lowest BCUT2D eigenvalue weighted by atomic mass is 10.1. The predicted octanol–water partition coefficient (Wildman–Crippen LogP) is 3.92. The van der Waals surface area contributed by atoms with E-state index in [1.54, 1.807) is 6.20 Å². The van der Waals surface area contributed by atoms with Gasteiger partial charge in [-0.15, -0.1) is 0 Å². The van der Waals surface area contributed by atoms with Crippen molar-refractivity contribution in [3.63, 3.8) is 0 Å². The van der Waals surface area contributed by atoms with Gasteiger partial charge in [-0.25, -0.2) is 4.79 Å². The minimum atomic E-state index is -0.548. The van der Waals surface area contributed by atoms with Crippen LogP contribution < -0.4 is 0 Å². The number of esters is 1. The fourth-order valence-electron chi connectivity index (χ4n) is 2.44. The number of carbonyl (C=O) groups excluding carboxylic acids is 2. The second-order valence-corrected chi connectivity index (χ2v) is 6.45. The van der Waals surface area contributed by atoms with E-state index in [-0.39, 0.29) is 5.97 Å². The highest BCUT2D eigenvalue weighted by Crippen LogP contribution is 2.24. The number of methoxy groups -OCH3 is 1. The largest absolute Gasteiger partial charge is 0.469 e. The third kappa shape index (κ3) is 4.34. The van der Waals surface area contributed by atoms with Gasteiger partial charge >= 0.3 is 12.1 Å². The lowest BCUT2D eigenvalue weighted by Gasteiger charge is -2.19. The smallest absolute Gasteiger partial charge is 0.419 e. The topological polar surface area (TPSA) is 57.5 Å². The van der Waals surface area contributed by atoms with Gasteiger partial charge in [-0.3, -0.25) is 9.36 Å². The number of carbonyl (C=O) groups is 2. The summed E-state index contributed by atoms with van der Waals surface area (Å²) in [4.78, 5) is 23.6. The highest BCUT2D eigenvalue weighted by Gasteiger charge is 2.20. The summed E-state index contributed by atoms with van der Waals surface area (Å²) in [6.45, 7) is 5.52. The number of aryl methyl sites for hydroxylation is 1. The lowest BCUT2D eigenvalue weighted by molar-refractivity contribution is -0.140. The molecule has 1 heterocycles. The Morgan fingerprint density at radius 3 is 2.52 bits per heavy atom. The van der Waals surface area contributed by atoms with Crippen LogP contribution in [0.15, 0.2) is 30.5 Å². The molecule has 5 heteroatoms. The fraction of sp³-hybridized carbons (Fsp3) is 0.444. The molecule has 0 aliphatic carbocycles. The number of hydrogen-bond donors (Lipinski definition) is 0. The molecule has 0 atom stereocenters. The Morgan fingerprint density at radius 2 is 1.87 bits per heavy atom. The molecule has 0 aliphatic heterocycles. The molecule has 2 aromatic rings. The summed E-state index contributed by atoms with van der Waals surface area (Å²) in [6.07, 6.45) is 3.15. The number of ether oxygens (including phenoxy) is 2. The van der Waals surface area contributed by atoms with E-state index in [1.807, 2.05) is 45.0 Å². The lowest BCUT2D eigenvalue weighted by Crippen LogP contribution is -2.26. The second kappa shape index (κ2) is 6.86. The zero-order chi connectivity index (χ0) is 17.0. The quantitative estimate of drug-likeness (QED) is 0.802. The van der Waals surface area contributed by atoms with Gasteiger partial charge in [0, 0.05) is 18.0 Å². The number of benzene rings is 1. The van der Waals surface area contributed by atoms with E-state index >= 15 is 0 Å². The summed E-state index contributed by atoms with van der Waals surface area (Å²) in [6, 6.07) is 7.69. The van der Waals surface area contributed by atoms with Crippen LogP contribution in [0.25, 0.3) is 10.9 Å². The van der Waals surface area contributed by atoms with E-state index < -0.39 is 11.7 Å². The highest BCUT2D eigenvalue weighted by atomic mass is 16.6. The molecular formula is C18H23NO4. The van der Waals surface area contributed by atoms with Crippen LogP contribution in [0, 0.1) is 0 Å². The number of rotatable bonds is 4. The van der Waals surface area contributed by atoms with Gasteiger partial charge in [-0.1, -0.05) is 18.2 Å². The summed E-state index contributed by atoms with van der Waals surface area (Å²) in [5.74, 6) is -0.221. The van der Waals surface area contributed by atoms with Gasteiger partial charge in [0.1, 0.15) is 5.60 Å². The molecule has 124 valence electrons. The van der Waals surface area contributed by atoms with Crippen molar-refractivity contribution >= 4 is 23.0 Å². The molecule has 0 saturated carbocycles. The van der Waals surface area contributed by atoms with Crippen molar-refractivity contribution in [2.45, 2.75) is 45.6 Å². The van der Waals surface area contributed by atoms with Gasteiger partial charge in [-0.05, 0) is 45.2 Å². The van der Waals surface area contributed by atoms with Crippen LogP contribution in [-0.2, 0) is 20.7 Å². The van der Waals surface area contributed by atoms with Crippen molar-refractivity contribution in [2.75, 3.05) is 7.11 Å². The number of para-hydroxylation sites is 1. The van der Waals surface area contributed by atoms with Gasteiger partial charge in [0.15, 0.2) is 0 Å². The summed E-state index contributed by atoms with van der Waals surface area (Å²) < 4.78 is 11.6. The Morgan fingerprint density at radius 1 is 1.17 bits per heavy atom. The zero-order valence-electron chi connectivity index (χ0n) is 14.1. The minimum absolute atomic E-state index is 0.221. The molecular weight excluding hydrogens is 294 g/mol. The molecule has 2 rings (SSSR count). The number of nitrogens with zero attached hydrogens (tertiary/aromatic N) is 1. The summed E-state index contributed by atoms with van der Waals surface area (Å²) >= 11 is 0. The van der Waals surface area contributed by atoms with E-state index in [4.69, 9.17) is 4.74 Å². The first-order chi connectivity index (χ1) is 10.8. The standard InChI is InChI=1S/C18H23NO4/c1-18(2,3)23-17(21)19-12-13(8-7-11-16(20)22-4)14-9-5-6-10-15(14)19/h5-6,9-10,12H,7-8,11H2,1-4H3. The van der Waals surface area contributed by atoms with Gasteiger partial charge in [0.25, 0.3) is 0 Å². The first-order valence-corrected chi connectivity index (χ1v) is 7.71. The Balaban J connectivity index is 2.25. The third-order valence-electron chi connectivity index (χ3n) is 3.44. The minimum Gasteiger partial charge on any atom is -0.469 e. The molecule has 1 aromatic carbocycles. The van der Waals surface area contributed by atoms with E-state index in [1.165, 1.54) is 11.7 Å². The number of fused-ring (bicyclic) bond motifs is 1. The predicted molar refractivity (Wildman–Crippen MR) is 88.5 cm³/mol. The molecule has 0 N–H and O–H groups in total. The Kier molecular flexibility index (Phi) is 5.08. The van der Waals surface area contributed by atoms with E-state index in [0.717, 1.165) is 16.5 Å². The van der Waals surface area contributed by atoms with Crippen molar-refractivity contribution in [2.24, 2.45) is 0 Å². The molecule has 0 aliphatic rings. The van der Waals surface area contributed by atoms with Crippen LogP contribution in [0.5, 0.6) is 0 Å². The number of aromatic nitrogens is 1. The molecule has 23 heavy (non-hydrogen) atoms. The molecule has 0 amide bonds. The molecule has 0 fully saturated rings. The van der Waals surface area contributed by atoms with E-state index in [9.17, 15) is 9.59 Å². The first-order valence-electron chi connectivity index (χ1n) is 7.71. The van der Waals surface area contributed by atoms with Crippen molar-refractivity contribution in [3.05, 3.63) is 36.0 Å². The van der Waals surface area contributed by atoms with Crippen LogP contribution in [0.1, 0.15) is 39.2 Å². The monoisotopic (exact) mass is 317 g/mol. The third-order valence-corrected chi connectivity index (χ3v) is 3.44. The summed E-state index contributed by atoms with van der Waals surface area (Å²) in [5, 5.41) is 1.00. The van der Waals surface area contributed by atoms with Crippen molar-refractivity contribution in [3.8, 4) is 0 Å². The van der Waals surface area contributed by atoms with Crippen molar-refractivity contribution in [1.82, 2.24) is 4.57 Å². The maximum atomic E-state index is 12.4. The fourth-order valence-corrected chi connectivity index (χ4v) is 2.44. The van der Waals surface area contributed by atoms with Gasteiger partial charge < -0.3 is 9.47 Å². The molecule has 0 saturated heterocycles. The molecule has 5 nitrogen and oxygen atoms in total. The Hall–Kier alpha value is -2.30. The van der Waals surface area contributed by atoms with Gasteiger partial charge in [0.05, 0.1) is 12.6 Å². The second-order valence-electron chi connectivity index (χ2n) is 6.45. The molecule has 0 bridgehead atoms. The van der Waals surface area contributed by atoms with Crippen molar-refractivity contribution < 1.29 is 19.1 Å². The highest BCUT2D eigenvalue weighted by molar-refractivity contribution is 5.92. The summed E-state index contributed by atoms with van der Waals surface area (Å²) in [7, 11) is 1.39. The van der Waals surface area contributed by atoms with E-state index in [0.29, 0.717) is 19.3 Å². The average Bonchev–Trinajstić information content (AvgIpc) is 2.85. The van der Waals surface area contributed by atoms with Crippen LogP contribution in [0.4, 0.5) is 4.79 Å². The van der Waals surface area contributed by atoms with Crippen molar-refractivity contribution in [1.29, 1.82) is 0 Å². The maximum absolute atomic E-state index is 12.4. The molecule has 1 aromatic heterocycles. The molecule has 0 unspecified atom stereocenters. The number of hydrogen-bond acceptors (Lipinski definition) is 4. The maximum Gasteiger partial charge on any atom is 0.419 e. The SMILES string of the molecule is COC(=O)CCCc1cn(C(=O)OC(C)(C)C)c2ccccc12. The van der Waals surface area contributed by atoms with Crippen LogP contribution in [0.3, 0.4) is 0 Å². The normalized spacial score (nSPS) is 11.5. The van der Waals surface area contributed by atoms with Crippen LogP contribution >= 0.6 is 0 Å². The average molecular weight is 317 g/mol. The molecule has 0 radical (unpaired) electrons. The van der Waals surface area contributed by atoms with Crippen LogP contribution in [-0.4, -0.2) is 29.3 Å². The van der Waals surface area contributed by atoms with Gasteiger partial charge in [-0.2, -0.15) is 0 Å². The summed E-state index contributed by atoms with van der Waals surface area (Å²) in [5.41, 5.74) is 1.29. The molecule has 0 spiro atoms. The van der Waals surface area contributed by atoms with Gasteiger partial charge in [0.2, 0.25) is 0 Å². The zero-order valence-corrected chi connectivity index (χ0v) is 14.1. The first kappa shape index (κ1) is 17.1. The Bertz CT molecular complexity index is 709. The van der Waals surface area contributed by atoms with E-state index in [2.05, 4.69) is 4.74 Å².